The number of hydrogen-bond acceptors (Lipinski definition) is 4. The van der Waals surface area contributed by atoms with Crippen LogP contribution in [0.15, 0.2) is 0 Å². The van der Waals surface area contributed by atoms with Crippen molar-refractivity contribution in [2.45, 2.75) is 45.3 Å². The van der Waals surface area contributed by atoms with Crippen LogP contribution < -0.4 is 5.73 Å². The molecule has 1 amide bonds. The maximum absolute atomic E-state index is 12.2. The molecule has 5 nitrogen and oxygen atoms in total. The van der Waals surface area contributed by atoms with E-state index in [1.165, 1.54) is 0 Å². The summed E-state index contributed by atoms with van der Waals surface area (Å²) in [6, 6.07) is 0. The highest BCUT2D eigenvalue weighted by atomic mass is 16.6. The van der Waals surface area contributed by atoms with Crippen molar-refractivity contribution >= 4 is 5.91 Å². The maximum Gasteiger partial charge on any atom is 0.251 e. The van der Waals surface area contributed by atoms with Crippen LogP contribution in [0.2, 0.25) is 0 Å². The van der Waals surface area contributed by atoms with Crippen molar-refractivity contribution in [1.29, 1.82) is 0 Å². The lowest BCUT2D eigenvalue weighted by Crippen LogP contribution is -2.52. The Morgan fingerprint density at radius 1 is 1.50 bits per heavy atom. The molecule has 2 atom stereocenters. The molecule has 1 rings (SSSR count). The lowest BCUT2D eigenvalue weighted by atomic mass is 9.96. The maximum atomic E-state index is 12.2. The molecule has 18 heavy (non-hydrogen) atoms. The van der Waals surface area contributed by atoms with E-state index in [2.05, 4.69) is 0 Å². The number of amides is 1. The summed E-state index contributed by atoms with van der Waals surface area (Å²) < 4.78 is 11.4. The quantitative estimate of drug-likeness (QED) is 0.764. The fourth-order valence-electron chi connectivity index (χ4n) is 2.35. The van der Waals surface area contributed by atoms with Gasteiger partial charge in [0.15, 0.2) is 0 Å². The van der Waals surface area contributed by atoms with Crippen LogP contribution in [-0.4, -0.2) is 55.4 Å². The number of nitrogens with two attached hydrogens (primary N) is 1. The number of carbonyl (C=O) groups excluding carboxylic acids is 1. The second-order valence-corrected chi connectivity index (χ2v) is 4.81. The average molecular weight is 258 g/mol. The van der Waals surface area contributed by atoms with Gasteiger partial charge in [-0.1, -0.05) is 0 Å². The molecule has 106 valence electrons. The Morgan fingerprint density at radius 2 is 2.17 bits per heavy atom. The van der Waals surface area contributed by atoms with E-state index in [1.807, 2.05) is 13.8 Å². The van der Waals surface area contributed by atoms with Crippen LogP contribution in [0.5, 0.6) is 0 Å². The number of carbonyl (C=O) groups is 1. The fourth-order valence-corrected chi connectivity index (χ4v) is 2.35. The number of hydrogen-bond donors (Lipinski definition) is 1. The summed E-state index contributed by atoms with van der Waals surface area (Å²) in [5, 5.41) is 0. The first kappa shape index (κ1) is 15.4. The Morgan fingerprint density at radius 3 is 2.61 bits per heavy atom. The van der Waals surface area contributed by atoms with Gasteiger partial charge in [-0.15, -0.1) is 0 Å². The SMILES string of the molecule is CCN(CC)C(=O)C(C)OC1(CN)CCCOC1. The smallest absolute Gasteiger partial charge is 0.251 e. The molecule has 0 bridgehead atoms. The molecular formula is C13H26N2O3. The van der Waals surface area contributed by atoms with Crippen molar-refractivity contribution < 1.29 is 14.3 Å². The molecule has 0 spiro atoms. The molecule has 1 aliphatic heterocycles. The van der Waals surface area contributed by atoms with Crippen molar-refractivity contribution in [3.8, 4) is 0 Å². The van der Waals surface area contributed by atoms with Gasteiger partial charge in [-0.3, -0.25) is 4.79 Å². The third-order valence-corrected chi connectivity index (χ3v) is 3.51. The van der Waals surface area contributed by atoms with Crippen molar-refractivity contribution in [3.63, 3.8) is 0 Å². The van der Waals surface area contributed by atoms with E-state index in [4.69, 9.17) is 15.2 Å². The molecule has 0 aromatic rings. The largest absolute Gasteiger partial charge is 0.378 e. The zero-order chi connectivity index (χ0) is 13.6. The lowest BCUT2D eigenvalue weighted by molar-refractivity contribution is -0.172. The Bertz CT molecular complexity index is 261. The van der Waals surface area contributed by atoms with Gasteiger partial charge in [-0.05, 0) is 33.6 Å². The fraction of sp³-hybridized carbons (Fsp3) is 0.923. The first-order valence-corrected chi connectivity index (χ1v) is 6.83. The van der Waals surface area contributed by atoms with E-state index in [9.17, 15) is 4.79 Å². The van der Waals surface area contributed by atoms with Gasteiger partial charge in [0, 0.05) is 26.2 Å². The van der Waals surface area contributed by atoms with Crippen molar-refractivity contribution in [3.05, 3.63) is 0 Å². The Kier molecular flexibility index (Phi) is 6.05. The van der Waals surface area contributed by atoms with E-state index in [0.717, 1.165) is 19.4 Å². The van der Waals surface area contributed by atoms with E-state index in [-0.39, 0.29) is 5.91 Å². The van der Waals surface area contributed by atoms with Gasteiger partial charge in [-0.2, -0.15) is 0 Å². The first-order chi connectivity index (χ1) is 8.58. The van der Waals surface area contributed by atoms with Crippen LogP contribution in [0, 0.1) is 0 Å². The van der Waals surface area contributed by atoms with Crippen LogP contribution >= 0.6 is 0 Å². The second kappa shape index (κ2) is 7.07. The zero-order valence-corrected chi connectivity index (χ0v) is 11.8. The number of likely N-dealkylation sites (N-methyl/N-ethyl adjacent to an activating group) is 1. The molecule has 1 aliphatic rings. The third kappa shape index (κ3) is 3.67. The highest BCUT2D eigenvalue weighted by Gasteiger charge is 2.36. The molecule has 2 unspecified atom stereocenters. The number of ether oxygens (including phenoxy) is 2. The number of nitrogens with zero attached hydrogens (tertiary/aromatic N) is 1. The van der Waals surface area contributed by atoms with Crippen LogP contribution in [-0.2, 0) is 14.3 Å². The normalized spacial score (nSPS) is 25.8. The summed E-state index contributed by atoms with van der Waals surface area (Å²) in [4.78, 5) is 13.9. The van der Waals surface area contributed by atoms with Crippen molar-refractivity contribution in [1.82, 2.24) is 4.90 Å². The van der Waals surface area contributed by atoms with Gasteiger partial charge >= 0.3 is 0 Å². The summed E-state index contributed by atoms with van der Waals surface area (Å²) in [5.41, 5.74) is 5.31. The highest BCUT2D eigenvalue weighted by Crippen LogP contribution is 2.24. The van der Waals surface area contributed by atoms with Gasteiger partial charge in [0.2, 0.25) is 0 Å². The minimum Gasteiger partial charge on any atom is -0.378 e. The third-order valence-electron chi connectivity index (χ3n) is 3.51. The standard InChI is InChI=1S/C13H26N2O3/c1-4-15(5-2)12(16)11(3)18-13(9-14)7-6-8-17-10-13/h11H,4-10,14H2,1-3H3. The molecule has 1 heterocycles. The first-order valence-electron chi connectivity index (χ1n) is 6.83. The Hall–Kier alpha value is -0.650. The Balaban J connectivity index is 2.60. The van der Waals surface area contributed by atoms with E-state index >= 15 is 0 Å². The lowest BCUT2D eigenvalue weighted by Gasteiger charge is -2.38. The van der Waals surface area contributed by atoms with Crippen LogP contribution in [0.4, 0.5) is 0 Å². The number of rotatable bonds is 6. The molecule has 0 aromatic heterocycles. The highest BCUT2D eigenvalue weighted by molar-refractivity contribution is 5.80. The van der Waals surface area contributed by atoms with E-state index in [1.54, 1.807) is 11.8 Å². The molecule has 1 saturated heterocycles. The van der Waals surface area contributed by atoms with Gasteiger partial charge in [0.25, 0.3) is 5.91 Å². The van der Waals surface area contributed by atoms with Gasteiger partial charge in [0.1, 0.15) is 11.7 Å². The minimum absolute atomic E-state index is 0.0263. The summed E-state index contributed by atoms with van der Waals surface area (Å²) >= 11 is 0. The molecule has 0 radical (unpaired) electrons. The molecular weight excluding hydrogens is 232 g/mol. The Labute approximate surface area is 110 Å². The van der Waals surface area contributed by atoms with Crippen LogP contribution in [0.1, 0.15) is 33.6 Å². The topological polar surface area (TPSA) is 64.8 Å². The zero-order valence-electron chi connectivity index (χ0n) is 11.8. The van der Waals surface area contributed by atoms with Crippen LogP contribution in [0.25, 0.3) is 0 Å². The van der Waals surface area contributed by atoms with Gasteiger partial charge in [0.05, 0.1) is 6.61 Å². The molecule has 5 heteroatoms. The van der Waals surface area contributed by atoms with Crippen molar-refractivity contribution in [2.75, 3.05) is 32.8 Å². The van der Waals surface area contributed by atoms with E-state index < -0.39 is 11.7 Å². The van der Waals surface area contributed by atoms with Crippen molar-refractivity contribution in [2.24, 2.45) is 5.73 Å². The molecule has 0 saturated carbocycles. The predicted molar refractivity (Wildman–Crippen MR) is 70.3 cm³/mol. The monoisotopic (exact) mass is 258 g/mol. The average Bonchev–Trinajstić information content (AvgIpc) is 2.41. The summed E-state index contributed by atoms with van der Waals surface area (Å²) in [5.74, 6) is 0.0263. The summed E-state index contributed by atoms with van der Waals surface area (Å²) in [7, 11) is 0. The molecule has 1 fully saturated rings. The minimum atomic E-state index is -0.486. The van der Waals surface area contributed by atoms with Gasteiger partial charge in [-0.25, -0.2) is 0 Å². The summed E-state index contributed by atoms with van der Waals surface area (Å²) in [6.07, 6.45) is 1.33. The molecule has 0 aliphatic carbocycles. The molecule has 2 N–H and O–H groups in total. The van der Waals surface area contributed by atoms with E-state index in [0.29, 0.717) is 26.2 Å². The summed E-state index contributed by atoms with van der Waals surface area (Å²) in [6.45, 7) is 8.77. The predicted octanol–water partition coefficient (Wildman–Crippen LogP) is 0.768. The molecule has 0 aromatic carbocycles. The second-order valence-electron chi connectivity index (χ2n) is 4.81. The van der Waals surface area contributed by atoms with Gasteiger partial charge < -0.3 is 20.1 Å². The van der Waals surface area contributed by atoms with Crippen LogP contribution in [0.3, 0.4) is 0 Å².